The van der Waals surface area contributed by atoms with Gasteiger partial charge in [0.05, 0.1) is 18.4 Å². The van der Waals surface area contributed by atoms with Crippen molar-refractivity contribution in [3.05, 3.63) is 24.0 Å². The van der Waals surface area contributed by atoms with Crippen LogP contribution in [0.2, 0.25) is 0 Å². The molecule has 0 saturated heterocycles. The molecule has 1 heterocycles. The number of rotatable bonds is 6. The molecule has 19 heavy (non-hydrogen) atoms. The van der Waals surface area contributed by atoms with Crippen LogP contribution in [-0.4, -0.2) is 29.2 Å². The summed E-state index contributed by atoms with van der Waals surface area (Å²) < 4.78 is 5.86. The van der Waals surface area contributed by atoms with Crippen LogP contribution in [0.5, 0.6) is 0 Å². The molecule has 1 aromatic heterocycles. The molecule has 1 aliphatic carbocycles. The van der Waals surface area contributed by atoms with Gasteiger partial charge < -0.3 is 15.8 Å². The quantitative estimate of drug-likeness (QED) is 0.619. The average molecular weight is 279 g/mol. The van der Waals surface area contributed by atoms with Crippen molar-refractivity contribution in [3.8, 4) is 0 Å². The number of aromatic nitrogens is 1. The number of anilines is 1. The van der Waals surface area contributed by atoms with Crippen LogP contribution >= 0.6 is 12.2 Å². The Morgan fingerprint density at radius 3 is 2.95 bits per heavy atom. The van der Waals surface area contributed by atoms with E-state index >= 15 is 0 Å². The van der Waals surface area contributed by atoms with E-state index in [-0.39, 0.29) is 0 Å². The number of nitrogens with zero attached hydrogens (tertiary/aromatic N) is 1. The normalized spacial score (nSPS) is 16.2. The number of ether oxygens (including phenoxy) is 1. The molecule has 0 spiro atoms. The second-order valence-corrected chi connectivity index (χ2v) is 5.26. The highest BCUT2D eigenvalue weighted by atomic mass is 32.1. The molecular weight excluding hydrogens is 258 g/mol. The summed E-state index contributed by atoms with van der Waals surface area (Å²) in [6.07, 6.45) is 8.48. The fourth-order valence-electron chi connectivity index (χ4n) is 2.39. The highest BCUT2D eigenvalue weighted by Crippen LogP contribution is 2.20. The SMILES string of the molecule is NC(=S)c1ncccc1NCCOC1CCCCC1. The van der Waals surface area contributed by atoms with Crippen LogP contribution in [0.25, 0.3) is 0 Å². The molecule has 104 valence electrons. The molecule has 0 amide bonds. The van der Waals surface area contributed by atoms with Gasteiger partial charge in [0.2, 0.25) is 0 Å². The van der Waals surface area contributed by atoms with E-state index in [0.717, 1.165) is 12.2 Å². The predicted molar refractivity (Wildman–Crippen MR) is 81.4 cm³/mol. The minimum absolute atomic E-state index is 0.316. The van der Waals surface area contributed by atoms with Gasteiger partial charge in [-0.15, -0.1) is 0 Å². The zero-order chi connectivity index (χ0) is 13.5. The Morgan fingerprint density at radius 1 is 1.42 bits per heavy atom. The van der Waals surface area contributed by atoms with Crippen LogP contribution in [0.1, 0.15) is 37.8 Å². The van der Waals surface area contributed by atoms with Crippen molar-refractivity contribution in [2.45, 2.75) is 38.2 Å². The number of pyridine rings is 1. The van der Waals surface area contributed by atoms with E-state index in [1.165, 1.54) is 32.1 Å². The summed E-state index contributed by atoms with van der Waals surface area (Å²) in [6, 6.07) is 3.80. The zero-order valence-electron chi connectivity index (χ0n) is 11.1. The van der Waals surface area contributed by atoms with E-state index < -0.39 is 0 Å². The minimum Gasteiger partial charge on any atom is -0.388 e. The second kappa shape index (κ2) is 7.40. The highest BCUT2D eigenvalue weighted by molar-refractivity contribution is 7.80. The van der Waals surface area contributed by atoms with E-state index in [2.05, 4.69) is 10.3 Å². The number of thiocarbonyl (C=S) groups is 1. The van der Waals surface area contributed by atoms with Crippen molar-refractivity contribution in [1.29, 1.82) is 0 Å². The van der Waals surface area contributed by atoms with Crippen molar-refractivity contribution >= 4 is 22.9 Å². The Labute approximate surface area is 119 Å². The number of hydrogen-bond donors (Lipinski definition) is 2. The molecule has 0 atom stereocenters. The van der Waals surface area contributed by atoms with Gasteiger partial charge in [-0.3, -0.25) is 4.98 Å². The summed E-state index contributed by atoms with van der Waals surface area (Å²) in [5.41, 5.74) is 7.16. The molecule has 0 aromatic carbocycles. The van der Waals surface area contributed by atoms with Crippen LogP contribution in [0, 0.1) is 0 Å². The van der Waals surface area contributed by atoms with Crippen molar-refractivity contribution in [2.24, 2.45) is 5.73 Å². The molecule has 4 nitrogen and oxygen atoms in total. The molecule has 1 fully saturated rings. The molecule has 0 unspecified atom stereocenters. The van der Waals surface area contributed by atoms with Gasteiger partial charge in [0, 0.05) is 12.7 Å². The van der Waals surface area contributed by atoms with Gasteiger partial charge in [0.1, 0.15) is 10.7 Å². The molecule has 3 N–H and O–H groups in total. The first-order chi connectivity index (χ1) is 9.27. The van der Waals surface area contributed by atoms with E-state index in [1.54, 1.807) is 6.20 Å². The third-order valence-electron chi connectivity index (χ3n) is 3.36. The maximum absolute atomic E-state index is 5.86. The van der Waals surface area contributed by atoms with Crippen molar-refractivity contribution in [1.82, 2.24) is 4.98 Å². The van der Waals surface area contributed by atoms with Crippen molar-refractivity contribution in [2.75, 3.05) is 18.5 Å². The Hall–Kier alpha value is -1.20. The third-order valence-corrected chi connectivity index (χ3v) is 3.56. The van der Waals surface area contributed by atoms with E-state index in [0.29, 0.717) is 23.4 Å². The smallest absolute Gasteiger partial charge is 0.124 e. The van der Waals surface area contributed by atoms with Crippen LogP contribution < -0.4 is 11.1 Å². The van der Waals surface area contributed by atoms with Gasteiger partial charge in [-0.1, -0.05) is 31.5 Å². The minimum atomic E-state index is 0.316. The molecule has 5 heteroatoms. The lowest BCUT2D eigenvalue weighted by molar-refractivity contribution is 0.0347. The summed E-state index contributed by atoms with van der Waals surface area (Å²) in [5, 5.41) is 3.28. The maximum Gasteiger partial charge on any atom is 0.124 e. The topological polar surface area (TPSA) is 60.2 Å². The lowest BCUT2D eigenvalue weighted by Crippen LogP contribution is -2.21. The second-order valence-electron chi connectivity index (χ2n) is 4.82. The zero-order valence-corrected chi connectivity index (χ0v) is 11.9. The monoisotopic (exact) mass is 279 g/mol. The van der Waals surface area contributed by atoms with Gasteiger partial charge in [0.25, 0.3) is 0 Å². The summed E-state index contributed by atoms with van der Waals surface area (Å²) in [7, 11) is 0. The number of hydrogen-bond acceptors (Lipinski definition) is 4. The summed E-state index contributed by atoms with van der Waals surface area (Å²) in [5.74, 6) is 0. The van der Waals surface area contributed by atoms with Crippen LogP contribution in [-0.2, 0) is 4.74 Å². The lowest BCUT2D eigenvalue weighted by Gasteiger charge is -2.22. The fraction of sp³-hybridized carbons (Fsp3) is 0.571. The van der Waals surface area contributed by atoms with Crippen LogP contribution in [0.3, 0.4) is 0 Å². The summed E-state index contributed by atoms with van der Waals surface area (Å²) in [4.78, 5) is 4.49. The lowest BCUT2D eigenvalue weighted by atomic mass is 9.98. The van der Waals surface area contributed by atoms with Crippen molar-refractivity contribution in [3.63, 3.8) is 0 Å². The maximum atomic E-state index is 5.86. The van der Waals surface area contributed by atoms with Crippen molar-refractivity contribution < 1.29 is 4.74 Å². The Morgan fingerprint density at radius 2 is 2.21 bits per heavy atom. The molecule has 0 radical (unpaired) electrons. The van der Waals surface area contributed by atoms with Crippen LogP contribution in [0.15, 0.2) is 18.3 Å². The van der Waals surface area contributed by atoms with E-state index in [4.69, 9.17) is 22.7 Å². The molecule has 0 bridgehead atoms. The standard InChI is InChI=1S/C14H21N3OS/c15-14(19)13-12(7-4-8-17-13)16-9-10-18-11-5-2-1-3-6-11/h4,7-8,11,16H,1-3,5-6,9-10H2,(H2,15,19). The van der Waals surface area contributed by atoms with Crippen LogP contribution in [0.4, 0.5) is 5.69 Å². The first-order valence-electron chi connectivity index (χ1n) is 6.87. The summed E-state index contributed by atoms with van der Waals surface area (Å²) >= 11 is 4.97. The molecule has 2 rings (SSSR count). The molecule has 1 aliphatic rings. The van der Waals surface area contributed by atoms with E-state index in [1.807, 2.05) is 12.1 Å². The van der Waals surface area contributed by atoms with Gasteiger partial charge in [-0.25, -0.2) is 0 Å². The van der Waals surface area contributed by atoms with Gasteiger partial charge in [-0.05, 0) is 25.0 Å². The molecule has 1 saturated carbocycles. The van der Waals surface area contributed by atoms with Gasteiger partial charge >= 0.3 is 0 Å². The van der Waals surface area contributed by atoms with Gasteiger partial charge in [0.15, 0.2) is 0 Å². The first-order valence-corrected chi connectivity index (χ1v) is 7.28. The molecular formula is C14H21N3OS. The molecule has 1 aromatic rings. The van der Waals surface area contributed by atoms with E-state index in [9.17, 15) is 0 Å². The predicted octanol–water partition coefficient (Wildman–Crippen LogP) is 2.48. The Kier molecular flexibility index (Phi) is 5.54. The largest absolute Gasteiger partial charge is 0.388 e. The first kappa shape index (κ1) is 14.2. The number of nitrogens with two attached hydrogens (primary N) is 1. The Bertz CT molecular complexity index is 419. The third kappa shape index (κ3) is 4.44. The molecule has 0 aliphatic heterocycles. The van der Waals surface area contributed by atoms with Gasteiger partial charge in [-0.2, -0.15) is 0 Å². The Balaban J connectivity index is 1.74. The summed E-state index contributed by atoms with van der Waals surface area (Å²) in [6.45, 7) is 1.45. The average Bonchev–Trinajstić information content (AvgIpc) is 2.45. The number of nitrogens with one attached hydrogen (secondary N) is 1. The fourth-order valence-corrected chi connectivity index (χ4v) is 2.55. The highest BCUT2D eigenvalue weighted by Gasteiger charge is 2.13.